The van der Waals surface area contributed by atoms with Crippen LogP contribution in [0, 0.1) is 0 Å². The smallest absolute Gasteiger partial charge is 0.246 e. The molecule has 0 fully saturated rings. The van der Waals surface area contributed by atoms with Gasteiger partial charge in [-0.25, -0.2) is 0 Å². The molecule has 1 amide bonds. The Bertz CT molecular complexity index is 613. The van der Waals surface area contributed by atoms with E-state index in [1.54, 1.807) is 18.8 Å². The standard InChI is InChI=1S/C15H14N2OS/c1-16-14-12-8-7-11(9-13(12)17-15(14)18)19-10-5-3-2-4-6-10/h2-9,14,16H,1H3,(H,17,18). The molecule has 2 aromatic rings. The molecule has 3 nitrogen and oxygen atoms in total. The van der Waals surface area contributed by atoms with Gasteiger partial charge in [0.25, 0.3) is 0 Å². The second-order valence-electron chi connectivity index (χ2n) is 4.38. The van der Waals surface area contributed by atoms with Crippen LogP contribution < -0.4 is 10.6 Å². The largest absolute Gasteiger partial charge is 0.324 e. The van der Waals surface area contributed by atoms with E-state index in [9.17, 15) is 4.79 Å². The molecule has 1 heterocycles. The van der Waals surface area contributed by atoms with Gasteiger partial charge in [0.1, 0.15) is 6.04 Å². The third-order valence-electron chi connectivity index (χ3n) is 3.12. The molecule has 0 saturated heterocycles. The maximum Gasteiger partial charge on any atom is 0.246 e. The van der Waals surface area contributed by atoms with Crippen molar-refractivity contribution in [2.24, 2.45) is 0 Å². The van der Waals surface area contributed by atoms with Gasteiger partial charge in [-0.3, -0.25) is 4.79 Å². The predicted octanol–water partition coefficient (Wildman–Crippen LogP) is 3.05. The fourth-order valence-corrected chi connectivity index (χ4v) is 3.09. The Kier molecular flexibility index (Phi) is 3.27. The zero-order chi connectivity index (χ0) is 13.2. The Morgan fingerprint density at radius 2 is 1.89 bits per heavy atom. The quantitative estimate of drug-likeness (QED) is 0.900. The number of nitrogens with one attached hydrogen (secondary N) is 2. The summed E-state index contributed by atoms with van der Waals surface area (Å²) < 4.78 is 0. The van der Waals surface area contributed by atoms with E-state index < -0.39 is 0 Å². The second-order valence-corrected chi connectivity index (χ2v) is 5.52. The molecule has 0 saturated carbocycles. The first kappa shape index (κ1) is 12.3. The Hall–Kier alpha value is -1.78. The lowest BCUT2D eigenvalue weighted by Crippen LogP contribution is -2.23. The van der Waals surface area contributed by atoms with Crippen LogP contribution in [0.1, 0.15) is 11.6 Å². The Labute approximate surface area is 116 Å². The molecule has 0 aromatic heterocycles. The van der Waals surface area contributed by atoms with E-state index >= 15 is 0 Å². The number of carbonyl (C=O) groups excluding carboxylic acids is 1. The number of carbonyl (C=O) groups is 1. The van der Waals surface area contributed by atoms with Crippen molar-refractivity contribution in [3.05, 3.63) is 54.1 Å². The zero-order valence-electron chi connectivity index (χ0n) is 10.5. The van der Waals surface area contributed by atoms with Crippen molar-refractivity contribution in [3.63, 3.8) is 0 Å². The van der Waals surface area contributed by atoms with Crippen LogP contribution in [0.3, 0.4) is 0 Å². The fourth-order valence-electron chi connectivity index (χ4n) is 2.22. The van der Waals surface area contributed by atoms with Crippen LogP contribution in [0.4, 0.5) is 5.69 Å². The average molecular weight is 270 g/mol. The Morgan fingerprint density at radius 3 is 2.63 bits per heavy atom. The molecule has 4 heteroatoms. The van der Waals surface area contributed by atoms with Gasteiger partial charge in [-0.05, 0) is 31.3 Å². The van der Waals surface area contributed by atoms with Crippen molar-refractivity contribution >= 4 is 23.4 Å². The average Bonchev–Trinajstić information content (AvgIpc) is 2.74. The van der Waals surface area contributed by atoms with Crippen LogP contribution >= 0.6 is 11.8 Å². The summed E-state index contributed by atoms with van der Waals surface area (Å²) in [4.78, 5) is 14.1. The highest BCUT2D eigenvalue weighted by atomic mass is 32.2. The molecular weight excluding hydrogens is 256 g/mol. The van der Waals surface area contributed by atoms with E-state index in [-0.39, 0.29) is 11.9 Å². The van der Waals surface area contributed by atoms with Gasteiger partial charge in [0.05, 0.1) is 0 Å². The highest BCUT2D eigenvalue weighted by Gasteiger charge is 2.28. The van der Waals surface area contributed by atoms with E-state index in [0.717, 1.165) is 16.1 Å². The first-order valence-electron chi connectivity index (χ1n) is 6.13. The summed E-state index contributed by atoms with van der Waals surface area (Å²) in [6.07, 6.45) is 0. The Morgan fingerprint density at radius 1 is 1.11 bits per heavy atom. The van der Waals surface area contributed by atoms with Gasteiger partial charge < -0.3 is 10.6 Å². The molecule has 0 aliphatic carbocycles. The molecular formula is C15H14N2OS. The number of benzene rings is 2. The van der Waals surface area contributed by atoms with Gasteiger partial charge >= 0.3 is 0 Å². The molecule has 19 heavy (non-hydrogen) atoms. The van der Waals surface area contributed by atoms with E-state index in [1.807, 2.05) is 30.3 Å². The first-order valence-corrected chi connectivity index (χ1v) is 6.94. The zero-order valence-corrected chi connectivity index (χ0v) is 11.3. The summed E-state index contributed by atoms with van der Waals surface area (Å²) in [7, 11) is 1.80. The number of anilines is 1. The van der Waals surface area contributed by atoms with Gasteiger partial charge in [-0.2, -0.15) is 0 Å². The lowest BCUT2D eigenvalue weighted by molar-refractivity contribution is -0.117. The molecule has 96 valence electrons. The van der Waals surface area contributed by atoms with Crippen molar-refractivity contribution in [1.82, 2.24) is 5.32 Å². The summed E-state index contributed by atoms with van der Waals surface area (Å²) in [5.74, 6) is 0.0133. The van der Waals surface area contributed by atoms with Crippen molar-refractivity contribution in [2.75, 3.05) is 12.4 Å². The third-order valence-corrected chi connectivity index (χ3v) is 4.12. The third kappa shape index (κ3) is 2.37. The molecule has 2 N–H and O–H groups in total. The summed E-state index contributed by atoms with van der Waals surface area (Å²) >= 11 is 1.69. The van der Waals surface area contributed by atoms with Gasteiger partial charge in [0, 0.05) is 21.0 Å². The van der Waals surface area contributed by atoms with Crippen molar-refractivity contribution in [3.8, 4) is 0 Å². The van der Waals surface area contributed by atoms with E-state index in [1.165, 1.54) is 4.90 Å². The monoisotopic (exact) mass is 270 g/mol. The molecule has 2 aromatic carbocycles. The van der Waals surface area contributed by atoms with Crippen molar-refractivity contribution in [2.45, 2.75) is 15.8 Å². The summed E-state index contributed by atoms with van der Waals surface area (Å²) in [6.45, 7) is 0. The van der Waals surface area contributed by atoms with Gasteiger partial charge in [-0.1, -0.05) is 36.0 Å². The topological polar surface area (TPSA) is 41.1 Å². The van der Waals surface area contributed by atoms with E-state index in [0.29, 0.717) is 0 Å². The molecule has 3 rings (SSSR count). The highest BCUT2D eigenvalue weighted by molar-refractivity contribution is 7.99. The maximum absolute atomic E-state index is 11.8. The molecule has 1 atom stereocenters. The van der Waals surface area contributed by atoms with Crippen LogP contribution in [0.25, 0.3) is 0 Å². The van der Waals surface area contributed by atoms with E-state index in [4.69, 9.17) is 0 Å². The van der Waals surface area contributed by atoms with Crippen molar-refractivity contribution < 1.29 is 4.79 Å². The summed E-state index contributed by atoms with van der Waals surface area (Å²) in [5, 5.41) is 5.93. The minimum Gasteiger partial charge on any atom is -0.324 e. The molecule has 0 bridgehead atoms. The first-order chi connectivity index (χ1) is 9.28. The van der Waals surface area contributed by atoms with Crippen LogP contribution in [-0.2, 0) is 4.79 Å². The normalized spacial score (nSPS) is 17.1. The van der Waals surface area contributed by atoms with Gasteiger partial charge in [-0.15, -0.1) is 0 Å². The van der Waals surface area contributed by atoms with Crippen LogP contribution in [-0.4, -0.2) is 13.0 Å². The number of hydrogen-bond donors (Lipinski definition) is 2. The van der Waals surface area contributed by atoms with Crippen molar-refractivity contribution in [1.29, 1.82) is 0 Å². The number of rotatable bonds is 3. The molecule has 0 radical (unpaired) electrons. The minimum absolute atomic E-state index is 0.0133. The molecule has 1 aliphatic rings. The van der Waals surface area contributed by atoms with Crippen LogP contribution in [0.15, 0.2) is 58.3 Å². The fraction of sp³-hybridized carbons (Fsp3) is 0.133. The lowest BCUT2D eigenvalue weighted by atomic mass is 10.1. The highest BCUT2D eigenvalue weighted by Crippen LogP contribution is 2.36. The summed E-state index contributed by atoms with van der Waals surface area (Å²) in [6, 6.07) is 16.1. The number of amides is 1. The van der Waals surface area contributed by atoms with Crippen LogP contribution in [0.5, 0.6) is 0 Å². The SMILES string of the molecule is CNC1C(=O)Nc2cc(Sc3ccccc3)ccc21. The predicted molar refractivity (Wildman–Crippen MR) is 77.4 cm³/mol. The van der Waals surface area contributed by atoms with Gasteiger partial charge in [0.15, 0.2) is 0 Å². The molecule has 1 aliphatic heterocycles. The second kappa shape index (κ2) is 5.07. The Balaban J connectivity index is 1.87. The number of likely N-dealkylation sites (N-methyl/N-ethyl adjacent to an activating group) is 1. The molecule has 0 spiro atoms. The van der Waals surface area contributed by atoms with Gasteiger partial charge in [0.2, 0.25) is 5.91 Å². The van der Waals surface area contributed by atoms with Crippen LogP contribution in [0.2, 0.25) is 0 Å². The van der Waals surface area contributed by atoms with E-state index in [2.05, 4.69) is 28.8 Å². The lowest BCUT2D eigenvalue weighted by Gasteiger charge is -2.07. The summed E-state index contributed by atoms with van der Waals surface area (Å²) in [5.41, 5.74) is 1.93. The maximum atomic E-state index is 11.8. The minimum atomic E-state index is -0.231. The molecule has 1 unspecified atom stereocenters. The number of hydrogen-bond acceptors (Lipinski definition) is 3. The number of fused-ring (bicyclic) bond motifs is 1.